The van der Waals surface area contributed by atoms with Crippen LogP contribution in [0.15, 0.2) is 30.3 Å². The van der Waals surface area contributed by atoms with Gasteiger partial charge in [0.25, 0.3) is 5.91 Å². The number of hydrogen-bond acceptors (Lipinski definition) is 7. The van der Waals surface area contributed by atoms with Crippen LogP contribution in [0.3, 0.4) is 0 Å². The summed E-state index contributed by atoms with van der Waals surface area (Å²) >= 11 is 0. The number of amides is 1. The monoisotopic (exact) mass is 445 g/mol. The van der Waals surface area contributed by atoms with Gasteiger partial charge in [-0.1, -0.05) is 0 Å². The summed E-state index contributed by atoms with van der Waals surface area (Å²) < 4.78 is 11.2. The fourth-order valence-corrected chi connectivity index (χ4v) is 5.59. The Balaban J connectivity index is 1.35. The largest absolute Gasteiger partial charge is 0.477 e. The third-order valence-electron chi connectivity index (χ3n) is 7.43. The van der Waals surface area contributed by atoms with Crippen LogP contribution in [0.25, 0.3) is 10.9 Å². The molecule has 2 N–H and O–H groups in total. The summed E-state index contributed by atoms with van der Waals surface area (Å²) in [5.41, 5.74) is 10.3. The molecule has 0 unspecified atom stereocenters. The van der Waals surface area contributed by atoms with E-state index >= 15 is 0 Å². The number of carbonyl (C=O) groups is 1. The molecule has 1 aromatic carbocycles. The average Bonchev–Trinajstić information content (AvgIpc) is 3.14. The number of pyridine rings is 1. The van der Waals surface area contributed by atoms with Crippen molar-refractivity contribution in [3.8, 4) is 5.88 Å². The summed E-state index contributed by atoms with van der Waals surface area (Å²) in [5, 5.41) is 9.39. The van der Waals surface area contributed by atoms with E-state index in [4.69, 9.17) is 15.2 Å². The predicted octanol–water partition coefficient (Wildman–Crippen LogP) is 3.79. The molecule has 3 aromatic rings. The maximum Gasteiger partial charge on any atom is 0.254 e. The van der Waals surface area contributed by atoms with Gasteiger partial charge in [-0.2, -0.15) is 5.10 Å². The molecule has 3 fully saturated rings. The fourth-order valence-electron chi connectivity index (χ4n) is 5.59. The van der Waals surface area contributed by atoms with Gasteiger partial charge in [-0.15, -0.1) is 5.10 Å². The first-order chi connectivity index (χ1) is 16.0. The molecule has 1 aliphatic heterocycles. The van der Waals surface area contributed by atoms with Gasteiger partial charge in [0.05, 0.1) is 37.1 Å². The molecule has 2 bridgehead atoms. The average molecular weight is 446 g/mol. The van der Waals surface area contributed by atoms with Crippen LogP contribution in [-0.4, -0.2) is 38.1 Å². The first-order valence-electron chi connectivity index (χ1n) is 11.6. The van der Waals surface area contributed by atoms with Crippen LogP contribution in [0.4, 0.5) is 5.82 Å². The lowest BCUT2D eigenvalue weighted by molar-refractivity contribution is -0.127. The van der Waals surface area contributed by atoms with Crippen molar-refractivity contribution in [1.29, 1.82) is 0 Å². The summed E-state index contributed by atoms with van der Waals surface area (Å²) in [6.07, 6.45) is 3.10. The van der Waals surface area contributed by atoms with E-state index in [1.165, 1.54) is 0 Å². The molecule has 8 nitrogen and oxygen atoms in total. The maximum absolute atomic E-state index is 13.8. The third kappa shape index (κ3) is 3.15. The molecule has 7 rings (SSSR count). The molecule has 1 amide bonds. The number of hydrogen-bond donors (Lipinski definition) is 1. The number of nitrogens with zero attached hydrogens (tertiary/aromatic N) is 4. The van der Waals surface area contributed by atoms with Crippen molar-refractivity contribution in [3.63, 3.8) is 0 Å². The van der Waals surface area contributed by atoms with Crippen LogP contribution in [0.2, 0.25) is 0 Å². The third-order valence-corrected chi connectivity index (χ3v) is 7.43. The number of nitrogens with two attached hydrogens (primary N) is 1. The molecule has 1 atom stereocenters. The van der Waals surface area contributed by atoms with Crippen LogP contribution >= 0.6 is 0 Å². The lowest BCUT2D eigenvalue weighted by Crippen LogP contribution is -2.69. The van der Waals surface area contributed by atoms with Gasteiger partial charge < -0.3 is 20.1 Å². The van der Waals surface area contributed by atoms with Gasteiger partial charge in [0.15, 0.2) is 0 Å². The van der Waals surface area contributed by atoms with Crippen molar-refractivity contribution in [2.45, 2.75) is 57.9 Å². The van der Waals surface area contributed by atoms with E-state index in [0.29, 0.717) is 37.0 Å². The molecule has 3 aliphatic carbocycles. The minimum atomic E-state index is -0.0910. The molecule has 0 radical (unpaired) electrons. The SMILES string of the molecule is CCOc1ccc(CN(C(=O)c2ccc3nc(N)c4c(c3c2)CO[C@@H]4C)C23CC(C2)C3)nn1. The van der Waals surface area contributed by atoms with Gasteiger partial charge in [-0.3, -0.25) is 4.79 Å². The van der Waals surface area contributed by atoms with Gasteiger partial charge in [0.2, 0.25) is 5.88 Å². The van der Waals surface area contributed by atoms with Crippen molar-refractivity contribution in [3.05, 3.63) is 52.7 Å². The quantitative estimate of drug-likeness (QED) is 0.616. The van der Waals surface area contributed by atoms with E-state index in [1.54, 1.807) is 0 Å². The molecule has 2 aromatic heterocycles. The van der Waals surface area contributed by atoms with Gasteiger partial charge in [0.1, 0.15) is 5.82 Å². The normalized spacial score (nSPS) is 24.7. The topological polar surface area (TPSA) is 103 Å². The second kappa shape index (κ2) is 7.38. The highest BCUT2D eigenvalue weighted by Crippen LogP contribution is 2.61. The smallest absolute Gasteiger partial charge is 0.254 e. The number of rotatable bonds is 6. The van der Waals surface area contributed by atoms with Crippen molar-refractivity contribution in [2.24, 2.45) is 5.92 Å². The summed E-state index contributed by atoms with van der Waals surface area (Å²) in [5.74, 6) is 1.77. The number of fused-ring (bicyclic) bond motifs is 3. The second-order valence-corrected chi connectivity index (χ2v) is 9.46. The Morgan fingerprint density at radius 2 is 2.06 bits per heavy atom. The number of anilines is 1. The van der Waals surface area contributed by atoms with Crippen molar-refractivity contribution in [1.82, 2.24) is 20.1 Å². The predicted molar refractivity (Wildman–Crippen MR) is 123 cm³/mol. The van der Waals surface area contributed by atoms with E-state index in [9.17, 15) is 4.79 Å². The van der Waals surface area contributed by atoms with Gasteiger partial charge in [-0.25, -0.2) is 4.98 Å². The molecule has 33 heavy (non-hydrogen) atoms. The van der Waals surface area contributed by atoms with Crippen LogP contribution in [0, 0.1) is 5.92 Å². The standard InChI is InChI=1S/C25H27N5O3/c1-3-32-21-7-5-17(28-29-21)12-30(25-9-15(10-25)11-25)24(31)16-4-6-20-18(8-16)19-13-33-14(2)22(19)23(26)27-20/h4-8,14-15H,3,9-13H2,1-2H3,(H2,26,27)/t14-,15?,25?/m1/s1. The van der Waals surface area contributed by atoms with E-state index in [0.717, 1.165) is 52.9 Å². The van der Waals surface area contributed by atoms with Gasteiger partial charge in [0, 0.05) is 28.1 Å². The summed E-state index contributed by atoms with van der Waals surface area (Å²) in [6, 6.07) is 9.40. The number of aromatic nitrogens is 3. The number of carbonyl (C=O) groups excluding carboxylic acids is 1. The minimum Gasteiger partial charge on any atom is -0.477 e. The van der Waals surface area contributed by atoms with Crippen molar-refractivity contribution in [2.75, 3.05) is 12.3 Å². The van der Waals surface area contributed by atoms with Crippen molar-refractivity contribution >= 4 is 22.6 Å². The van der Waals surface area contributed by atoms with Crippen LogP contribution in [-0.2, 0) is 17.9 Å². The number of nitrogen functional groups attached to an aromatic ring is 1. The molecule has 3 heterocycles. The van der Waals surface area contributed by atoms with Gasteiger partial charge >= 0.3 is 0 Å². The van der Waals surface area contributed by atoms with Crippen LogP contribution in [0.1, 0.15) is 66.4 Å². The Labute approximate surface area is 192 Å². The number of benzene rings is 1. The first kappa shape index (κ1) is 20.4. The Morgan fingerprint density at radius 1 is 1.24 bits per heavy atom. The fraction of sp³-hybridized carbons (Fsp3) is 0.440. The highest BCUT2D eigenvalue weighted by Gasteiger charge is 2.61. The summed E-state index contributed by atoms with van der Waals surface area (Å²) in [4.78, 5) is 20.4. The Bertz CT molecular complexity index is 1240. The molecule has 3 saturated carbocycles. The zero-order valence-electron chi connectivity index (χ0n) is 18.9. The molecular weight excluding hydrogens is 418 g/mol. The maximum atomic E-state index is 13.8. The number of ether oxygens (including phenoxy) is 2. The Kier molecular flexibility index (Phi) is 4.55. The molecule has 170 valence electrons. The van der Waals surface area contributed by atoms with Gasteiger partial charge in [-0.05, 0) is 68.9 Å². The Hall–Kier alpha value is -3.26. The highest BCUT2D eigenvalue weighted by atomic mass is 16.5. The molecule has 4 aliphatic rings. The zero-order valence-corrected chi connectivity index (χ0v) is 18.9. The van der Waals surface area contributed by atoms with E-state index in [2.05, 4.69) is 15.2 Å². The van der Waals surface area contributed by atoms with Crippen molar-refractivity contribution < 1.29 is 14.3 Å². The van der Waals surface area contributed by atoms with Crippen LogP contribution < -0.4 is 10.5 Å². The minimum absolute atomic E-state index is 0.0169. The molecule has 0 saturated heterocycles. The van der Waals surface area contributed by atoms with E-state index < -0.39 is 0 Å². The second-order valence-electron chi connectivity index (χ2n) is 9.46. The van der Waals surface area contributed by atoms with E-state index in [1.807, 2.05) is 49.1 Å². The first-order valence-corrected chi connectivity index (χ1v) is 11.6. The zero-order chi connectivity index (χ0) is 22.7. The summed E-state index contributed by atoms with van der Waals surface area (Å²) in [7, 11) is 0. The molecule has 8 heteroatoms. The van der Waals surface area contributed by atoms with E-state index in [-0.39, 0.29) is 17.6 Å². The molecule has 0 spiro atoms. The summed E-state index contributed by atoms with van der Waals surface area (Å²) in [6.45, 7) is 5.34. The lowest BCUT2D eigenvalue weighted by Gasteiger charge is -2.66. The van der Waals surface area contributed by atoms with Crippen LogP contribution in [0.5, 0.6) is 5.88 Å². The lowest BCUT2D eigenvalue weighted by atomic mass is 9.49. The molecular formula is C25H27N5O3. The Morgan fingerprint density at radius 3 is 2.73 bits per heavy atom. The highest BCUT2D eigenvalue weighted by molar-refractivity contribution is 5.99.